The van der Waals surface area contributed by atoms with Gasteiger partial charge in [-0.2, -0.15) is 18.4 Å². The summed E-state index contributed by atoms with van der Waals surface area (Å²) in [6.45, 7) is 9.62. The Morgan fingerprint density at radius 1 is 1.34 bits per heavy atom. The minimum absolute atomic E-state index is 0.0322. The van der Waals surface area contributed by atoms with Crippen LogP contribution in [0.25, 0.3) is 0 Å². The van der Waals surface area contributed by atoms with Crippen LogP contribution in [0.2, 0.25) is 0 Å². The summed E-state index contributed by atoms with van der Waals surface area (Å²) in [6, 6.07) is 3.45. The molecule has 1 aromatic heterocycles. The molecule has 9 heteroatoms. The molecule has 1 heterocycles. The molecule has 1 unspecified atom stereocenters. The van der Waals surface area contributed by atoms with Crippen molar-refractivity contribution in [1.29, 1.82) is 5.26 Å². The van der Waals surface area contributed by atoms with Crippen molar-refractivity contribution in [2.45, 2.75) is 66.0 Å². The van der Waals surface area contributed by atoms with Crippen molar-refractivity contribution in [1.82, 2.24) is 10.3 Å². The molecule has 1 atom stereocenters. The summed E-state index contributed by atoms with van der Waals surface area (Å²) in [5, 5.41) is 18.6. The summed E-state index contributed by atoms with van der Waals surface area (Å²) >= 11 is 0. The Hall–Kier alpha value is -2.86. The number of alkyl halides is 3. The van der Waals surface area contributed by atoms with Gasteiger partial charge in [0, 0.05) is 25.0 Å². The molecule has 0 aromatic carbocycles. The van der Waals surface area contributed by atoms with E-state index in [1.54, 1.807) is 13.0 Å². The molecule has 1 aromatic rings. The second-order valence-electron chi connectivity index (χ2n) is 9.11. The van der Waals surface area contributed by atoms with Crippen molar-refractivity contribution in [3.63, 3.8) is 0 Å². The van der Waals surface area contributed by atoms with Gasteiger partial charge in [0.2, 0.25) is 0 Å². The first kappa shape index (κ1) is 28.4. The lowest BCUT2D eigenvalue weighted by Gasteiger charge is -2.25. The minimum atomic E-state index is -4.52. The van der Waals surface area contributed by atoms with E-state index in [4.69, 9.17) is 0 Å². The van der Waals surface area contributed by atoms with Gasteiger partial charge in [-0.05, 0) is 57.7 Å². The van der Waals surface area contributed by atoms with Crippen LogP contribution in [0.15, 0.2) is 40.3 Å². The summed E-state index contributed by atoms with van der Waals surface area (Å²) in [7, 11) is 0. The summed E-state index contributed by atoms with van der Waals surface area (Å²) < 4.78 is 40.7. The van der Waals surface area contributed by atoms with E-state index >= 15 is 0 Å². The fraction of sp³-hybridized carbons (Fsp3) is 0.577. The van der Waals surface area contributed by atoms with Crippen molar-refractivity contribution >= 4 is 17.7 Å². The van der Waals surface area contributed by atoms with Gasteiger partial charge in [-0.15, -0.1) is 0 Å². The van der Waals surface area contributed by atoms with Gasteiger partial charge in [0.25, 0.3) is 0 Å². The highest BCUT2D eigenvalue weighted by Gasteiger charge is 2.34. The molecule has 0 saturated heterocycles. The SMILES string of the molecule is C\C=C(/N=C\C(C#N)=C(/C)CC)Nc1cc(NCC(C)CNCCC2CCC2)c(C(F)(F)F)cn1. The Morgan fingerprint density at radius 3 is 2.66 bits per heavy atom. The van der Waals surface area contributed by atoms with E-state index in [0.29, 0.717) is 17.9 Å². The molecule has 2 rings (SSSR count). The van der Waals surface area contributed by atoms with Gasteiger partial charge in [-0.3, -0.25) is 0 Å². The van der Waals surface area contributed by atoms with Crippen LogP contribution in [-0.4, -0.2) is 30.8 Å². The number of nitrogens with zero attached hydrogens (tertiary/aromatic N) is 3. The Kier molecular flexibility index (Phi) is 11.3. The monoisotopic (exact) mass is 490 g/mol. The molecule has 1 fully saturated rings. The molecule has 35 heavy (non-hydrogen) atoms. The molecular weight excluding hydrogens is 453 g/mol. The second kappa shape index (κ2) is 13.9. The molecule has 0 bridgehead atoms. The van der Waals surface area contributed by atoms with E-state index in [2.05, 4.69) is 32.0 Å². The second-order valence-corrected chi connectivity index (χ2v) is 9.11. The number of aliphatic imine (C=N–C) groups is 1. The van der Waals surface area contributed by atoms with Crippen LogP contribution >= 0.6 is 0 Å². The van der Waals surface area contributed by atoms with Crippen molar-refractivity contribution < 1.29 is 13.2 Å². The highest BCUT2D eigenvalue weighted by Crippen LogP contribution is 2.35. The van der Waals surface area contributed by atoms with Crippen molar-refractivity contribution in [3.8, 4) is 6.07 Å². The molecule has 6 nitrogen and oxygen atoms in total. The fourth-order valence-corrected chi connectivity index (χ4v) is 3.56. The van der Waals surface area contributed by atoms with E-state index in [1.165, 1.54) is 31.5 Å². The summed E-state index contributed by atoms with van der Waals surface area (Å²) in [5.74, 6) is 1.59. The first-order valence-electron chi connectivity index (χ1n) is 12.3. The van der Waals surface area contributed by atoms with Crippen molar-refractivity contribution in [2.24, 2.45) is 16.8 Å². The molecule has 192 valence electrons. The van der Waals surface area contributed by atoms with Gasteiger partial charge in [0.15, 0.2) is 0 Å². The molecule has 1 aliphatic carbocycles. The van der Waals surface area contributed by atoms with Crippen molar-refractivity contribution in [3.05, 3.63) is 40.9 Å². The Bertz CT molecular complexity index is 955. The largest absolute Gasteiger partial charge is 0.419 e. The number of nitrogens with one attached hydrogen (secondary N) is 3. The van der Waals surface area contributed by atoms with E-state index in [9.17, 15) is 18.4 Å². The third-order valence-electron chi connectivity index (χ3n) is 6.27. The molecule has 0 spiro atoms. The van der Waals surface area contributed by atoms with E-state index < -0.39 is 11.7 Å². The Balaban J connectivity index is 2.04. The molecular formula is C26H37F3N6. The van der Waals surface area contributed by atoms with E-state index in [0.717, 1.165) is 43.6 Å². The highest BCUT2D eigenvalue weighted by atomic mass is 19.4. The highest BCUT2D eigenvalue weighted by molar-refractivity contribution is 5.85. The van der Waals surface area contributed by atoms with Crippen LogP contribution in [0.3, 0.4) is 0 Å². The molecule has 1 saturated carbocycles. The normalized spacial score (nSPS) is 16.5. The quantitative estimate of drug-likeness (QED) is 0.166. The van der Waals surface area contributed by atoms with E-state index in [-0.39, 0.29) is 17.4 Å². The molecule has 0 aliphatic heterocycles. The van der Waals surface area contributed by atoms with Crippen LogP contribution in [0.5, 0.6) is 0 Å². The number of hydrogen-bond acceptors (Lipinski definition) is 6. The summed E-state index contributed by atoms with van der Waals surface area (Å²) in [6.07, 6.45) is 5.25. The molecule has 0 radical (unpaired) electrons. The van der Waals surface area contributed by atoms with Crippen LogP contribution < -0.4 is 16.0 Å². The van der Waals surface area contributed by atoms with Crippen LogP contribution in [0.1, 0.15) is 65.4 Å². The number of aromatic nitrogens is 1. The zero-order chi connectivity index (χ0) is 25.8. The number of pyridine rings is 1. The van der Waals surface area contributed by atoms with Crippen LogP contribution in [0, 0.1) is 23.2 Å². The number of nitriles is 1. The predicted molar refractivity (Wildman–Crippen MR) is 136 cm³/mol. The third-order valence-corrected chi connectivity index (χ3v) is 6.27. The lowest BCUT2D eigenvalue weighted by Crippen LogP contribution is -2.29. The molecule has 3 N–H and O–H groups in total. The lowest BCUT2D eigenvalue weighted by atomic mass is 9.83. The topological polar surface area (TPSA) is 85.1 Å². The summed E-state index contributed by atoms with van der Waals surface area (Å²) in [5.41, 5.74) is 0.506. The molecule has 0 amide bonds. The van der Waals surface area contributed by atoms with Gasteiger partial charge in [0.1, 0.15) is 17.7 Å². The number of halogens is 3. The average Bonchev–Trinajstić information content (AvgIpc) is 2.80. The van der Waals surface area contributed by atoms with Gasteiger partial charge in [-0.1, -0.05) is 38.7 Å². The Labute approximate surface area is 206 Å². The van der Waals surface area contributed by atoms with Gasteiger partial charge in [-0.25, -0.2) is 9.98 Å². The van der Waals surface area contributed by atoms with Gasteiger partial charge in [0.05, 0.1) is 16.8 Å². The van der Waals surface area contributed by atoms with Gasteiger partial charge >= 0.3 is 6.18 Å². The average molecular weight is 491 g/mol. The Morgan fingerprint density at radius 2 is 2.09 bits per heavy atom. The number of hydrogen-bond donors (Lipinski definition) is 3. The first-order valence-corrected chi connectivity index (χ1v) is 12.3. The summed E-state index contributed by atoms with van der Waals surface area (Å²) in [4.78, 5) is 8.21. The third kappa shape index (κ3) is 9.36. The fourth-order valence-electron chi connectivity index (χ4n) is 3.56. The maximum absolute atomic E-state index is 13.6. The maximum atomic E-state index is 13.6. The van der Waals surface area contributed by atoms with Crippen LogP contribution in [0.4, 0.5) is 24.7 Å². The standard InChI is InChI=1S/C26H37F3N6/c1-5-19(4)21(13-30)16-33-24(6-2)35-25-12-23(22(17-34-25)26(27,28)29)32-15-18(3)14-31-11-10-20-8-7-9-20/h6,12,16-18,20,31H,5,7-11,14-15H2,1-4H3,(H2,32,34,35)/b21-19+,24-6+,33-16-. The van der Waals surface area contributed by atoms with Gasteiger partial charge < -0.3 is 16.0 Å². The zero-order valence-corrected chi connectivity index (χ0v) is 21.1. The number of anilines is 2. The maximum Gasteiger partial charge on any atom is 0.419 e. The first-order chi connectivity index (χ1) is 16.7. The number of allylic oxidation sites excluding steroid dienone is 3. The predicted octanol–water partition coefficient (Wildman–Crippen LogP) is 6.52. The minimum Gasteiger partial charge on any atom is -0.384 e. The number of rotatable bonds is 13. The zero-order valence-electron chi connectivity index (χ0n) is 21.1. The smallest absolute Gasteiger partial charge is 0.384 e. The van der Waals surface area contributed by atoms with Crippen molar-refractivity contribution in [2.75, 3.05) is 30.3 Å². The van der Waals surface area contributed by atoms with E-state index in [1.807, 2.05) is 20.8 Å². The lowest BCUT2D eigenvalue weighted by molar-refractivity contribution is -0.137. The van der Waals surface area contributed by atoms with Crippen LogP contribution in [-0.2, 0) is 6.18 Å². The molecule has 1 aliphatic rings.